The van der Waals surface area contributed by atoms with Gasteiger partial charge < -0.3 is 15.0 Å². The average molecular weight is 293 g/mol. The number of benzene rings is 1. The van der Waals surface area contributed by atoms with Crippen molar-refractivity contribution in [3.8, 4) is 5.75 Å². The molecule has 1 fully saturated rings. The molecule has 1 aromatic rings. The molecule has 1 saturated heterocycles. The van der Waals surface area contributed by atoms with E-state index in [2.05, 4.69) is 24.2 Å². The van der Waals surface area contributed by atoms with E-state index in [0.29, 0.717) is 5.75 Å². The summed E-state index contributed by atoms with van der Waals surface area (Å²) < 4.78 is 5.09. The normalized spacial score (nSPS) is 18.2. The molecule has 0 bridgehead atoms. The summed E-state index contributed by atoms with van der Waals surface area (Å²) in [5, 5.41) is 14.3. The summed E-state index contributed by atoms with van der Waals surface area (Å²) in [7, 11) is 3.60. The number of rotatable bonds is 5. The molecule has 21 heavy (non-hydrogen) atoms. The number of nitrogens with zero attached hydrogens (tertiary/aromatic N) is 2. The fourth-order valence-corrected chi connectivity index (χ4v) is 2.59. The van der Waals surface area contributed by atoms with Crippen LogP contribution in [-0.2, 0) is 0 Å². The SMILES string of the molecule is COc1cc(NCC2(C)CCN(C)CC2)ccc1[N+](=O)[O-]. The number of hydrogen-bond donors (Lipinski definition) is 1. The second kappa shape index (κ2) is 6.30. The molecule has 1 heterocycles. The van der Waals surface area contributed by atoms with Crippen molar-refractivity contribution in [1.82, 2.24) is 4.90 Å². The molecule has 0 unspecified atom stereocenters. The first-order valence-corrected chi connectivity index (χ1v) is 7.18. The maximum absolute atomic E-state index is 10.9. The Morgan fingerprint density at radius 1 is 1.43 bits per heavy atom. The largest absolute Gasteiger partial charge is 0.490 e. The number of nitrogens with one attached hydrogen (secondary N) is 1. The Hall–Kier alpha value is -1.82. The molecule has 0 spiro atoms. The molecule has 1 aromatic carbocycles. The number of hydrogen-bond acceptors (Lipinski definition) is 5. The number of nitro groups is 1. The van der Waals surface area contributed by atoms with Crippen molar-refractivity contribution in [3.05, 3.63) is 28.3 Å². The van der Waals surface area contributed by atoms with Crippen molar-refractivity contribution in [1.29, 1.82) is 0 Å². The van der Waals surface area contributed by atoms with Crippen molar-refractivity contribution in [2.75, 3.05) is 39.1 Å². The quantitative estimate of drug-likeness (QED) is 0.668. The van der Waals surface area contributed by atoms with Gasteiger partial charge >= 0.3 is 5.69 Å². The van der Waals surface area contributed by atoms with Crippen LogP contribution in [0, 0.1) is 15.5 Å². The zero-order valence-electron chi connectivity index (χ0n) is 12.9. The van der Waals surface area contributed by atoms with E-state index in [4.69, 9.17) is 4.74 Å². The standard InChI is InChI=1S/C15H23N3O3/c1-15(6-8-17(2)9-7-15)11-16-12-4-5-13(18(19)20)14(10-12)21-3/h4-5,10,16H,6-9,11H2,1-3H3. The van der Waals surface area contributed by atoms with E-state index in [1.807, 2.05) is 0 Å². The number of ether oxygens (including phenoxy) is 1. The summed E-state index contributed by atoms with van der Waals surface area (Å²) in [6.45, 7) is 5.38. The van der Waals surface area contributed by atoms with Gasteiger partial charge in [0.15, 0.2) is 5.75 Å². The van der Waals surface area contributed by atoms with Gasteiger partial charge in [0.2, 0.25) is 0 Å². The average Bonchev–Trinajstić information content (AvgIpc) is 2.48. The van der Waals surface area contributed by atoms with Gasteiger partial charge in [-0.05, 0) is 44.5 Å². The van der Waals surface area contributed by atoms with E-state index in [0.717, 1.165) is 38.2 Å². The van der Waals surface area contributed by atoms with Gasteiger partial charge in [-0.1, -0.05) is 6.92 Å². The Morgan fingerprint density at radius 3 is 2.67 bits per heavy atom. The van der Waals surface area contributed by atoms with Crippen molar-refractivity contribution in [2.45, 2.75) is 19.8 Å². The first-order chi connectivity index (χ1) is 9.93. The van der Waals surface area contributed by atoms with Crippen LogP contribution in [0.15, 0.2) is 18.2 Å². The van der Waals surface area contributed by atoms with Gasteiger partial charge in [0, 0.05) is 24.4 Å². The van der Waals surface area contributed by atoms with Crippen LogP contribution in [0.1, 0.15) is 19.8 Å². The Labute approximate surface area is 125 Å². The van der Waals surface area contributed by atoms with Crippen molar-refractivity contribution in [2.24, 2.45) is 5.41 Å². The maximum atomic E-state index is 10.9. The molecule has 0 amide bonds. The second-order valence-corrected chi connectivity index (χ2v) is 6.11. The monoisotopic (exact) mass is 293 g/mol. The van der Waals surface area contributed by atoms with Gasteiger partial charge in [0.05, 0.1) is 12.0 Å². The minimum absolute atomic E-state index is 0.00597. The van der Waals surface area contributed by atoms with Gasteiger partial charge in [-0.25, -0.2) is 0 Å². The number of piperidine rings is 1. The maximum Gasteiger partial charge on any atom is 0.311 e. The van der Waals surface area contributed by atoms with E-state index in [1.54, 1.807) is 12.1 Å². The van der Waals surface area contributed by atoms with E-state index in [-0.39, 0.29) is 11.1 Å². The fraction of sp³-hybridized carbons (Fsp3) is 0.600. The smallest absolute Gasteiger partial charge is 0.311 e. The Bertz CT molecular complexity index is 511. The van der Waals surface area contributed by atoms with Crippen molar-refractivity contribution in [3.63, 3.8) is 0 Å². The molecule has 116 valence electrons. The molecule has 0 atom stereocenters. The number of methoxy groups -OCH3 is 1. The predicted octanol–water partition coefficient (Wildman–Crippen LogP) is 2.75. The molecule has 0 aliphatic carbocycles. The first kappa shape index (κ1) is 15.6. The summed E-state index contributed by atoms with van der Waals surface area (Å²) in [5.41, 5.74) is 1.12. The lowest BCUT2D eigenvalue weighted by Crippen LogP contribution is -2.40. The molecule has 6 heteroatoms. The van der Waals surface area contributed by atoms with Crippen LogP contribution in [0.5, 0.6) is 5.75 Å². The van der Waals surface area contributed by atoms with Crippen LogP contribution in [0.25, 0.3) is 0 Å². The van der Waals surface area contributed by atoms with Gasteiger partial charge in [-0.3, -0.25) is 10.1 Å². The topological polar surface area (TPSA) is 67.6 Å². The highest BCUT2D eigenvalue weighted by Crippen LogP contribution is 2.33. The third kappa shape index (κ3) is 3.85. The first-order valence-electron chi connectivity index (χ1n) is 7.18. The lowest BCUT2D eigenvalue weighted by molar-refractivity contribution is -0.385. The van der Waals surface area contributed by atoms with Gasteiger partial charge in [-0.15, -0.1) is 0 Å². The van der Waals surface area contributed by atoms with E-state index in [9.17, 15) is 10.1 Å². The molecule has 6 nitrogen and oxygen atoms in total. The zero-order chi connectivity index (χ0) is 15.5. The molecule has 1 aliphatic rings. The molecule has 1 N–H and O–H groups in total. The minimum atomic E-state index is -0.430. The molecular formula is C15H23N3O3. The van der Waals surface area contributed by atoms with Crippen molar-refractivity contribution < 1.29 is 9.66 Å². The zero-order valence-corrected chi connectivity index (χ0v) is 12.9. The van der Waals surface area contributed by atoms with Gasteiger partial charge in [-0.2, -0.15) is 0 Å². The van der Waals surface area contributed by atoms with Crippen LogP contribution in [-0.4, -0.2) is 43.6 Å². The molecule has 2 rings (SSSR count). The number of nitro benzene ring substituents is 1. The fourth-order valence-electron chi connectivity index (χ4n) is 2.59. The Kier molecular flexibility index (Phi) is 4.67. The number of anilines is 1. The highest BCUT2D eigenvalue weighted by Gasteiger charge is 2.28. The lowest BCUT2D eigenvalue weighted by Gasteiger charge is -2.38. The Morgan fingerprint density at radius 2 is 2.10 bits per heavy atom. The van der Waals surface area contributed by atoms with Crippen molar-refractivity contribution >= 4 is 11.4 Å². The third-order valence-electron chi connectivity index (χ3n) is 4.29. The minimum Gasteiger partial charge on any atom is -0.490 e. The van der Waals surface area contributed by atoms with Crippen LogP contribution < -0.4 is 10.1 Å². The van der Waals surface area contributed by atoms with E-state index in [1.165, 1.54) is 13.2 Å². The summed E-state index contributed by atoms with van der Waals surface area (Å²) in [6.07, 6.45) is 2.31. The van der Waals surface area contributed by atoms with Crippen LogP contribution in [0.4, 0.5) is 11.4 Å². The van der Waals surface area contributed by atoms with E-state index < -0.39 is 4.92 Å². The van der Waals surface area contributed by atoms with E-state index >= 15 is 0 Å². The summed E-state index contributed by atoms with van der Waals surface area (Å²) in [6, 6.07) is 4.91. The molecular weight excluding hydrogens is 270 g/mol. The predicted molar refractivity (Wildman–Crippen MR) is 83.0 cm³/mol. The van der Waals surface area contributed by atoms with Gasteiger partial charge in [0.1, 0.15) is 0 Å². The molecule has 0 radical (unpaired) electrons. The molecule has 0 saturated carbocycles. The second-order valence-electron chi connectivity index (χ2n) is 6.11. The van der Waals surface area contributed by atoms with Gasteiger partial charge in [0.25, 0.3) is 0 Å². The third-order valence-corrected chi connectivity index (χ3v) is 4.29. The lowest BCUT2D eigenvalue weighted by atomic mass is 9.80. The molecule has 0 aromatic heterocycles. The molecule has 1 aliphatic heterocycles. The highest BCUT2D eigenvalue weighted by molar-refractivity contribution is 5.58. The summed E-state index contributed by atoms with van der Waals surface area (Å²) >= 11 is 0. The van der Waals surface area contributed by atoms with Crippen LogP contribution in [0.3, 0.4) is 0 Å². The summed E-state index contributed by atoms with van der Waals surface area (Å²) in [4.78, 5) is 12.8. The Balaban J connectivity index is 2.02. The van der Waals surface area contributed by atoms with Crippen LogP contribution >= 0.6 is 0 Å². The highest BCUT2D eigenvalue weighted by atomic mass is 16.6. The van der Waals surface area contributed by atoms with Crippen LogP contribution in [0.2, 0.25) is 0 Å². The number of likely N-dealkylation sites (tertiary alicyclic amines) is 1. The summed E-state index contributed by atoms with van der Waals surface area (Å²) in [5.74, 6) is 0.290.